The quantitative estimate of drug-likeness (QED) is 0.280. The van der Waals surface area contributed by atoms with E-state index in [1.54, 1.807) is 35.3 Å². The molecule has 1 N–H and O–H groups in total. The van der Waals surface area contributed by atoms with Gasteiger partial charge in [-0.2, -0.15) is 13.2 Å². The molecule has 44 heavy (non-hydrogen) atoms. The zero-order chi connectivity index (χ0) is 31.3. The van der Waals surface area contributed by atoms with E-state index in [-0.39, 0.29) is 25.7 Å². The van der Waals surface area contributed by atoms with Crippen LogP contribution in [0.3, 0.4) is 0 Å². The number of alkyl halides is 3. The molecule has 5 rings (SSSR count). The van der Waals surface area contributed by atoms with E-state index in [4.69, 9.17) is 21.1 Å². The summed E-state index contributed by atoms with van der Waals surface area (Å²) in [4.78, 5) is 23.3. The second kappa shape index (κ2) is 13.3. The van der Waals surface area contributed by atoms with Crippen molar-refractivity contribution in [1.82, 2.24) is 35.1 Å². The van der Waals surface area contributed by atoms with Gasteiger partial charge in [-0.25, -0.2) is 14.6 Å². The molecule has 2 aromatic carbocycles. The summed E-state index contributed by atoms with van der Waals surface area (Å²) in [5.74, 6) is -0.477. The Labute approximate surface area is 255 Å². The van der Waals surface area contributed by atoms with Gasteiger partial charge in [0.15, 0.2) is 0 Å². The summed E-state index contributed by atoms with van der Waals surface area (Å²) in [5.41, 5.74) is 2.91. The summed E-state index contributed by atoms with van der Waals surface area (Å²) in [7, 11) is 1.52. The van der Waals surface area contributed by atoms with E-state index in [2.05, 4.69) is 30.8 Å². The van der Waals surface area contributed by atoms with Gasteiger partial charge in [0.25, 0.3) is 0 Å². The van der Waals surface area contributed by atoms with Crippen molar-refractivity contribution in [2.45, 2.75) is 32.2 Å². The maximum Gasteiger partial charge on any atom is 0.471 e. The molecule has 0 saturated carbocycles. The number of ether oxygens (including phenoxy) is 2. The van der Waals surface area contributed by atoms with E-state index < -0.39 is 12.1 Å². The van der Waals surface area contributed by atoms with Gasteiger partial charge in [-0.15, -0.1) is 5.10 Å². The first kappa shape index (κ1) is 30.8. The fourth-order valence-electron chi connectivity index (χ4n) is 4.75. The van der Waals surface area contributed by atoms with Crippen LogP contribution in [0.4, 0.5) is 30.5 Å². The van der Waals surface area contributed by atoms with Crippen molar-refractivity contribution in [3.63, 3.8) is 0 Å². The van der Waals surface area contributed by atoms with E-state index >= 15 is 0 Å². The third-order valence-electron chi connectivity index (χ3n) is 6.90. The Kier molecular flexibility index (Phi) is 9.32. The van der Waals surface area contributed by atoms with E-state index in [1.807, 2.05) is 30.0 Å². The minimum Gasteiger partial charge on any atom is -0.494 e. The van der Waals surface area contributed by atoms with Crippen molar-refractivity contribution in [3.8, 4) is 22.6 Å². The predicted molar refractivity (Wildman–Crippen MR) is 156 cm³/mol. The van der Waals surface area contributed by atoms with E-state index in [9.17, 15) is 18.0 Å². The average molecular weight is 632 g/mol. The lowest BCUT2D eigenvalue weighted by atomic mass is 10.1. The molecule has 0 spiro atoms. The minimum absolute atomic E-state index is 0.0260. The molecule has 232 valence electrons. The maximum absolute atomic E-state index is 12.9. The topological polar surface area (TPSA) is 123 Å². The summed E-state index contributed by atoms with van der Waals surface area (Å²) >= 11 is 6.37. The molecule has 12 nitrogen and oxygen atoms in total. The van der Waals surface area contributed by atoms with Crippen LogP contribution in [0.2, 0.25) is 5.02 Å². The highest BCUT2D eigenvalue weighted by Gasteiger charge is 2.42. The van der Waals surface area contributed by atoms with Crippen LogP contribution < -0.4 is 19.7 Å². The number of tetrazole rings is 1. The van der Waals surface area contributed by atoms with Gasteiger partial charge in [-0.05, 0) is 53.6 Å². The molecule has 1 amide bonds. The lowest BCUT2D eigenvalue weighted by Crippen LogP contribution is -2.43. The van der Waals surface area contributed by atoms with E-state index in [1.165, 1.54) is 13.4 Å². The normalized spacial score (nSPS) is 14.6. The maximum atomic E-state index is 12.9. The number of halogens is 4. The van der Waals surface area contributed by atoms with Crippen LogP contribution in [0.25, 0.3) is 11.1 Å². The number of nitrogens with one attached hydrogen (secondary N) is 1. The zero-order valence-corrected chi connectivity index (χ0v) is 24.6. The number of rotatable bonds is 9. The van der Waals surface area contributed by atoms with Crippen molar-refractivity contribution < 1.29 is 27.4 Å². The molecule has 0 radical (unpaired) electrons. The molecule has 2 aromatic heterocycles. The number of anilines is 3. The van der Waals surface area contributed by atoms with E-state index in [0.717, 1.165) is 21.7 Å². The van der Waals surface area contributed by atoms with Gasteiger partial charge in [-0.1, -0.05) is 17.7 Å². The first-order valence-electron chi connectivity index (χ1n) is 13.7. The summed E-state index contributed by atoms with van der Waals surface area (Å²) in [6.45, 7) is 3.11. The van der Waals surface area contributed by atoms with Crippen molar-refractivity contribution in [2.75, 3.05) is 43.5 Å². The first-order chi connectivity index (χ1) is 21.1. The SMILES string of the molecule is COc1cc(N2CCCN(C(=O)C(F)(F)F)CC2)ccc1Nc1ncc(-c2ccc(Cl)c(O[C@@H](C)Cn3cnnn3)c2)cn1. The molecule has 1 saturated heterocycles. The smallest absolute Gasteiger partial charge is 0.471 e. The second-order valence-electron chi connectivity index (χ2n) is 10.0. The van der Waals surface area contributed by atoms with Crippen LogP contribution in [-0.2, 0) is 11.3 Å². The molecule has 16 heteroatoms. The van der Waals surface area contributed by atoms with Crippen LogP contribution in [0.5, 0.6) is 11.5 Å². The van der Waals surface area contributed by atoms with Crippen LogP contribution in [0.15, 0.2) is 55.1 Å². The molecule has 3 heterocycles. The summed E-state index contributed by atoms with van der Waals surface area (Å²) in [6, 6.07) is 10.8. The number of nitrogens with zero attached hydrogens (tertiary/aromatic N) is 8. The highest BCUT2D eigenvalue weighted by molar-refractivity contribution is 6.32. The zero-order valence-electron chi connectivity index (χ0n) is 23.8. The van der Waals surface area contributed by atoms with Crippen LogP contribution >= 0.6 is 11.6 Å². The van der Waals surface area contributed by atoms with Crippen molar-refractivity contribution >= 4 is 34.8 Å². The third-order valence-corrected chi connectivity index (χ3v) is 7.21. The Morgan fingerprint density at radius 3 is 2.55 bits per heavy atom. The predicted octanol–water partition coefficient (Wildman–Crippen LogP) is 4.60. The van der Waals surface area contributed by atoms with Crippen molar-refractivity contribution in [2.24, 2.45) is 0 Å². The highest BCUT2D eigenvalue weighted by atomic mass is 35.5. The monoisotopic (exact) mass is 631 g/mol. The third kappa shape index (κ3) is 7.45. The van der Waals surface area contributed by atoms with Crippen LogP contribution in [0, 0.1) is 0 Å². The average Bonchev–Trinajstić information content (AvgIpc) is 3.39. The molecule has 4 aromatic rings. The van der Waals surface area contributed by atoms with Gasteiger partial charge >= 0.3 is 12.1 Å². The molecule has 1 fully saturated rings. The number of amides is 1. The molecule has 1 aliphatic rings. The number of hydrogen-bond acceptors (Lipinski definition) is 10. The lowest BCUT2D eigenvalue weighted by molar-refractivity contribution is -0.185. The standard InChI is InChI=1S/C28H29ClF3N9O3/c1-18(16-41-17-35-37-38-41)44-24-12-19(4-6-22(24)29)20-14-33-27(34-15-20)36-23-7-5-21(13-25(23)43-2)39-8-3-9-40(11-10-39)26(42)28(30,31)32/h4-7,12-15,17-18H,3,8-11,16H2,1-2H3,(H,33,34,36)/t18-/m0/s1. The molecule has 0 bridgehead atoms. The van der Waals surface area contributed by atoms with Crippen LogP contribution in [0.1, 0.15) is 13.3 Å². The Morgan fingerprint density at radius 2 is 1.84 bits per heavy atom. The molecular formula is C28H29ClF3N9O3. The lowest BCUT2D eigenvalue weighted by Gasteiger charge is -2.25. The Morgan fingerprint density at radius 1 is 1.05 bits per heavy atom. The van der Waals surface area contributed by atoms with Crippen molar-refractivity contribution in [3.05, 3.63) is 60.1 Å². The van der Waals surface area contributed by atoms with Gasteiger partial charge in [-0.3, -0.25) is 4.79 Å². The molecular weight excluding hydrogens is 603 g/mol. The number of benzene rings is 2. The Hall–Kier alpha value is -4.66. The number of hydrogen-bond donors (Lipinski definition) is 1. The highest BCUT2D eigenvalue weighted by Crippen LogP contribution is 2.34. The van der Waals surface area contributed by atoms with Crippen molar-refractivity contribution in [1.29, 1.82) is 0 Å². The molecule has 1 aliphatic heterocycles. The fourth-order valence-corrected chi connectivity index (χ4v) is 4.92. The van der Waals surface area contributed by atoms with Gasteiger partial charge in [0, 0.05) is 55.9 Å². The molecule has 0 unspecified atom stereocenters. The summed E-state index contributed by atoms with van der Waals surface area (Å²) < 4.78 is 51.8. The Balaban J connectivity index is 1.24. The Bertz CT molecular complexity index is 1570. The van der Waals surface area contributed by atoms with Gasteiger partial charge in [0.05, 0.1) is 24.4 Å². The van der Waals surface area contributed by atoms with Crippen LogP contribution in [-0.4, -0.2) is 86.6 Å². The number of carbonyl (C=O) groups is 1. The summed E-state index contributed by atoms with van der Waals surface area (Å²) in [6.07, 6.45) is 0.118. The largest absolute Gasteiger partial charge is 0.494 e. The number of carbonyl (C=O) groups excluding carboxylic acids is 1. The minimum atomic E-state index is -4.88. The molecule has 1 atom stereocenters. The van der Waals surface area contributed by atoms with Gasteiger partial charge < -0.3 is 24.6 Å². The fraction of sp³-hybridized carbons (Fsp3) is 0.357. The summed E-state index contributed by atoms with van der Waals surface area (Å²) in [5, 5.41) is 14.7. The van der Waals surface area contributed by atoms with Gasteiger partial charge in [0.2, 0.25) is 5.95 Å². The first-order valence-corrected chi connectivity index (χ1v) is 14.0. The number of methoxy groups -OCH3 is 1. The number of aromatic nitrogens is 6. The second-order valence-corrected chi connectivity index (χ2v) is 10.4. The van der Waals surface area contributed by atoms with Gasteiger partial charge in [0.1, 0.15) is 23.9 Å². The molecule has 0 aliphatic carbocycles. The van der Waals surface area contributed by atoms with E-state index in [0.29, 0.717) is 47.7 Å².